The van der Waals surface area contributed by atoms with Crippen LogP contribution in [0.2, 0.25) is 0 Å². The van der Waals surface area contributed by atoms with E-state index in [2.05, 4.69) is 10.3 Å². The molecule has 2 heterocycles. The van der Waals surface area contributed by atoms with Crippen LogP contribution in [0.25, 0.3) is 11.0 Å². The van der Waals surface area contributed by atoms with E-state index in [9.17, 15) is 4.79 Å². The summed E-state index contributed by atoms with van der Waals surface area (Å²) in [6.45, 7) is 4.71. The van der Waals surface area contributed by atoms with Gasteiger partial charge in [-0.05, 0) is 51.0 Å². The Kier molecular flexibility index (Phi) is 3.71. The van der Waals surface area contributed by atoms with Crippen LogP contribution in [0.3, 0.4) is 0 Å². The summed E-state index contributed by atoms with van der Waals surface area (Å²) in [4.78, 5) is 15.3. The van der Waals surface area contributed by atoms with E-state index in [1.54, 1.807) is 0 Å². The molecule has 3 rings (SSSR count). The average molecular weight is 305 g/mol. The molecule has 0 spiro atoms. The predicted octanol–water partition coefficient (Wildman–Crippen LogP) is 2.94. The number of carbonyl (C=O) groups excluding carboxylic acids is 1. The topological polar surface area (TPSA) is 59.0 Å². The number of benzene rings is 1. The molecule has 1 saturated heterocycles. The first-order valence-corrected chi connectivity index (χ1v) is 7.66. The molecule has 1 amide bonds. The fourth-order valence-electron chi connectivity index (χ4n) is 2.79. The molecule has 5 nitrogen and oxygen atoms in total. The van der Waals surface area contributed by atoms with Gasteiger partial charge in [0.2, 0.25) is 5.91 Å². The quantitative estimate of drug-likeness (QED) is 0.857. The summed E-state index contributed by atoms with van der Waals surface area (Å²) in [7, 11) is 0. The van der Waals surface area contributed by atoms with E-state index in [-0.39, 0.29) is 18.1 Å². The number of rotatable bonds is 3. The zero-order valence-corrected chi connectivity index (χ0v) is 13.0. The van der Waals surface area contributed by atoms with Crippen LogP contribution in [0.1, 0.15) is 32.7 Å². The van der Waals surface area contributed by atoms with Gasteiger partial charge in [-0.1, -0.05) is 6.07 Å². The molecule has 1 aliphatic heterocycles. The summed E-state index contributed by atoms with van der Waals surface area (Å²) < 4.78 is 8.29. The molecule has 0 aliphatic carbocycles. The van der Waals surface area contributed by atoms with Crippen molar-refractivity contribution in [2.24, 2.45) is 0 Å². The van der Waals surface area contributed by atoms with E-state index in [1.807, 2.05) is 36.6 Å². The molecule has 0 saturated carbocycles. The van der Waals surface area contributed by atoms with Crippen LogP contribution in [0.15, 0.2) is 18.2 Å². The Morgan fingerprint density at radius 1 is 1.43 bits per heavy atom. The normalized spacial score (nSPS) is 19.0. The van der Waals surface area contributed by atoms with Gasteiger partial charge in [-0.3, -0.25) is 4.79 Å². The maximum atomic E-state index is 12.1. The monoisotopic (exact) mass is 305 g/mol. The van der Waals surface area contributed by atoms with Crippen LogP contribution in [-0.2, 0) is 4.79 Å². The highest BCUT2D eigenvalue weighted by Crippen LogP contribution is 2.30. The molecule has 1 aromatic carbocycles. The zero-order chi connectivity index (χ0) is 15.0. The lowest BCUT2D eigenvalue weighted by Gasteiger charge is -2.23. The number of fused-ring (bicyclic) bond motifs is 1. The summed E-state index contributed by atoms with van der Waals surface area (Å²) in [6, 6.07) is 5.57. The molecule has 21 heavy (non-hydrogen) atoms. The Hall–Kier alpha value is -1.82. The third kappa shape index (κ3) is 2.55. The van der Waals surface area contributed by atoms with Gasteiger partial charge in [0, 0.05) is 6.54 Å². The van der Waals surface area contributed by atoms with Crippen molar-refractivity contribution in [1.29, 1.82) is 0 Å². The van der Waals surface area contributed by atoms with Gasteiger partial charge in [0.25, 0.3) is 0 Å². The van der Waals surface area contributed by atoms with Crippen molar-refractivity contribution in [3.63, 3.8) is 0 Å². The average Bonchev–Trinajstić information content (AvgIpc) is 2.76. The van der Waals surface area contributed by atoms with E-state index in [0.717, 1.165) is 36.2 Å². The van der Waals surface area contributed by atoms with E-state index in [0.29, 0.717) is 4.77 Å². The van der Waals surface area contributed by atoms with Crippen LogP contribution in [0.4, 0.5) is 0 Å². The molecule has 6 heteroatoms. The van der Waals surface area contributed by atoms with Gasteiger partial charge in [-0.2, -0.15) is 0 Å². The molecule has 1 aliphatic rings. The minimum absolute atomic E-state index is 0.0356. The molecule has 1 atom stereocenters. The van der Waals surface area contributed by atoms with Crippen LogP contribution in [-0.4, -0.2) is 28.1 Å². The number of ether oxygens (including phenoxy) is 1. The van der Waals surface area contributed by atoms with Gasteiger partial charge in [0.1, 0.15) is 17.3 Å². The van der Waals surface area contributed by atoms with Gasteiger partial charge in [-0.25, -0.2) is 0 Å². The first-order chi connectivity index (χ1) is 10.1. The Labute approximate surface area is 128 Å². The fraction of sp³-hybridized carbons (Fsp3) is 0.467. The van der Waals surface area contributed by atoms with E-state index in [4.69, 9.17) is 17.0 Å². The molecular weight excluding hydrogens is 286 g/mol. The summed E-state index contributed by atoms with van der Waals surface area (Å²) in [5.41, 5.74) is 1.77. The fourth-order valence-corrected chi connectivity index (χ4v) is 3.11. The summed E-state index contributed by atoms with van der Waals surface area (Å²) in [5, 5.41) is 2.91. The maximum absolute atomic E-state index is 12.1. The van der Waals surface area contributed by atoms with Crippen molar-refractivity contribution in [3.8, 4) is 5.75 Å². The SMILES string of the molecule is CC(C)Oc1cccc2c1[nH]c(=S)n2C1CCCNC1=O. The summed E-state index contributed by atoms with van der Waals surface area (Å²) in [5.74, 6) is 0.803. The van der Waals surface area contributed by atoms with Gasteiger partial charge in [-0.15, -0.1) is 0 Å². The number of carbonyl (C=O) groups is 1. The van der Waals surface area contributed by atoms with Crippen LogP contribution < -0.4 is 10.1 Å². The molecule has 2 N–H and O–H groups in total. The second-order valence-corrected chi connectivity index (χ2v) is 5.95. The van der Waals surface area contributed by atoms with Crippen molar-refractivity contribution in [2.75, 3.05) is 6.54 Å². The van der Waals surface area contributed by atoms with Crippen molar-refractivity contribution >= 4 is 29.2 Å². The van der Waals surface area contributed by atoms with E-state index >= 15 is 0 Å². The van der Waals surface area contributed by atoms with Crippen LogP contribution >= 0.6 is 12.2 Å². The Bertz CT molecular complexity index is 732. The number of para-hydroxylation sites is 1. The number of imidazole rings is 1. The maximum Gasteiger partial charge on any atom is 0.243 e. The molecule has 112 valence electrons. The lowest BCUT2D eigenvalue weighted by Crippen LogP contribution is -2.37. The van der Waals surface area contributed by atoms with Crippen molar-refractivity contribution in [2.45, 2.75) is 38.8 Å². The van der Waals surface area contributed by atoms with Crippen molar-refractivity contribution < 1.29 is 9.53 Å². The first-order valence-electron chi connectivity index (χ1n) is 7.25. The predicted molar refractivity (Wildman–Crippen MR) is 84.2 cm³/mol. The van der Waals surface area contributed by atoms with E-state index in [1.165, 1.54) is 0 Å². The number of hydrogen-bond donors (Lipinski definition) is 2. The first kappa shape index (κ1) is 14.1. The minimum atomic E-state index is -0.241. The van der Waals surface area contributed by atoms with Crippen molar-refractivity contribution in [1.82, 2.24) is 14.9 Å². The lowest BCUT2D eigenvalue weighted by molar-refractivity contribution is -0.125. The zero-order valence-electron chi connectivity index (χ0n) is 12.2. The Balaban J connectivity index is 2.13. The van der Waals surface area contributed by atoms with Gasteiger partial charge < -0.3 is 19.6 Å². The molecule has 1 aromatic heterocycles. The number of nitrogens with one attached hydrogen (secondary N) is 2. The Morgan fingerprint density at radius 3 is 2.95 bits per heavy atom. The molecular formula is C15H19N3O2S. The van der Waals surface area contributed by atoms with Crippen LogP contribution in [0, 0.1) is 4.77 Å². The Morgan fingerprint density at radius 2 is 2.24 bits per heavy atom. The highest BCUT2D eigenvalue weighted by molar-refractivity contribution is 7.71. The third-order valence-electron chi connectivity index (χ3n) is 3.65. The highest BCUT2D eigenvalue weighted by atomic mass is 32.1. The van der Waals surface area contributed by atoms with Gasteiger partial charge in [0.15, 0.2) is 4.77 Å². The van der Waals surface area contributed by atoms with Gasteiger partial charge >= 0.3 is 0 Å². The number of hydrogen-bond acceptors (Lipinski definition) is 3. The van der Waals surface area contributed by atoms with Gasteiger partial charge in [0.05, 0.1) is 11.6 Å². The number of H-pyrrole nitrogens is 1. The number of aromatic amines is 1. The second-order valence-electron chi connectivity index (χ2n) is 5.57. The van der Waals surface area contributed by atoms with Crippen molar-refractivity contribution in [3.05, 3.63) is 23.0 Å². The third-order valence-corrected chi connectivity index (χ3v) is 3.94. The second kappa shape index (κ2) is 5.52. The minimum Gasteiger partial charge on any atom is -0.489 e. The van der Waals surface area contributed by atoms with Crippen LogP contribution in [0.5, 0.6) is 5.75 Å². The number of piperidine rings is 1. The summed E-state index contributed by atoms with van der Waals surface area (Å²) >= 11 is 5.43. The summed E-state index contributed by atoms with van der Waals surface area (Å²) in [6.07, 6.45) is 1.86. The standard InChI is InChI=1S/C15H19N3O2S/c1-9(2)20-12-7-3-5-10-13(12)17-15(21)18(10)11-6-4-8-16-14(11)19/h3,5,7,9,11H,4,6,8H2,1-2H3,(H,16,19)(H,17,21). The molecule has 2 aromatic rings. The highest BCUT2D eigenvalue weighted by Gasteiger charge is 2.26. The molecule has 1 fully saturated rings. The molecule has 0 bridgehead atoms. The van der Waals surface area contributed by atoms with E-state index < -0.39 is 0 Å². The molecule has 1 unspecified atom stereocenters. The lowest BCUT2D eigenvalue weighted by atomic mass is 10.1. The smallest absolute Gasteiger partial charge is 0.243 e. The molecule has 0 radical (unpaired) electrons. The number of amides is 1. The number of aromatic nitrogens is 2. The number of nitrogens with zero attached hydrogens (tertiary/aromatic N) is 1. The largest absolute Gasteiger partial charge is 0.489 e.